The van der Waals surface area contributed by atoms with Gasteiger partial charge >= 0.3 is 0 Å². The minimum Gasteiger partial charge on any atom is -0.350 e. The van der Waals surface area contributed by atoms with E-state index >= 15 is 0 Å². The molecule has 3 rings (SSSR count). The van der Waals surface area contributed by atoms with Crippen molar-refractivity contribution in [3.05, 3.63) is 65.5 Å². The van der Waals surface area contributed by atoms with E-state index < -0.39 is 0 Å². The molecule has 0 saturated carbocycles. The van der Waals surface area contributed by atoms with Gasteiger partial charge in [0, 0.05) is 6.54 Å². The van der Waals surface area contributed by atoms with Gasteiger partial charge in [-0.1, -0.05) is 57.2 Å². The molecule has 4 heteroatoms. The molecule has 1 heterocycles. The van der Waals surface area contributed by atoms with Crippen molar-refractivity contribution in [1.29, 1.82) is 0 Å². The largest absolute Gasteiger partial charge is 0.350 e. The molecule has 0 radical (unpaired) electrons. The Kier molecular flexibility index (Phi) is 4.86. The van der Waals surface area contributed by atoms with E-state index in [0.29, 0.717) is 6.54 Å². The fourth-order valence-electron chi connectivity index (χ4n) is 3.23. The number of aryl methyl sites for hydroxylation is 1. The molecular formula is C22H27N3O. The third-order valence-corrected chi connectivity index (χ3v) is 4.83. The van der Waals surface area contributed by atoms with Crippen molar-refractivity contribution in [2.45, 2.75) is 52.6 Å². The lowest BCUT2D eigenvalue weighted by atomic mass is 9.87. The summed E-state index contributed by atoms with van der Waals surface area (Å²) in [5.41, 5.74) is 4.44. The first-order valence-electron chi connectivity index (χ1n) is 9.08. The molecule has 4 nitrogen and oxygen atoms in total. The first-order chi connectivity index (χ1) is 12.3. The number of aromatic nitrogens is 2. The van der Waals surface area contributed by atoms with Crippen LogP contribution >= 0.6 is 0 Å². The second-order valence-electron chi connectivity index (χ2n) is 7.86. The Morgan fingerprint density at radius 1 is 1.12 bits per heavy atom. The van der Waals surface area contributed by atoms with Gasteiger partial charge in [0.1, 0.15) is 11.9 Å². The van der Waals surface area contributed by atoms with E-state index in [9.17, 15) is 4.79 Å². The summed E-state index contributed by atoms with van der Waals surface area (Å²) in [5, 5.41) is 3.05. The SMILES string of the molecule is Cc1nc2ccccc2n1C(C)C(=O)NCc1ccc(C(C)(C)C)cc1. The smallest absolute Gasteiger partial charge is 0.243 e. The van der Waals surface area contributed by atoms with E-state index in [4.69, 9.17) is 0 Å². The van der Waals surface area contributed by atoms with Gasteiger partial charge in [-0.2, -0.15) is 0 Å². The number of fused-ring (bicyclic) bond motifs is 1. The van der Waals surface area contributed by atoms with Crippen molar-refractivity contribution in [2.24, 2.45) is 0 Å². The molecule has 0 spiro atoms. The van der Waals surface area contributed by atoms with E-state index in [1.807, 2.05) is 42.7 Å². The van der Waals surface area contributed by atoms with Crippen LogP contribution in [0, 0.1) is 6.92 Å². The van der Waals surface area contributed by atoms with Crippen LogP contribution in [0.4, 0.5) is 0 Å². The number of nitrogens with zero attached hydrogens (tertiary/aromatic N) is 2. The standard InChI is InChI=1S/C22H27N3O/c1-15(25-16(2)24-19-8-6-7-9-20(19)25)21(26)23-14-17-10-12-18(13-11-17)22(3,4)5/h6-13,15H,14H2,1-5H3,(H,23,26). The van der Waals surface area contributed by atoms with Crippen molar-refractivity contribution in [3.63, 3.8) is 0 Å². The summed E-state index contributed by atoms with van der Waals surface area (Å²) in [5.74, 6) is 0.847. The highest BCUT2D eigenvalue weighted by atomic mass is 16.2. The molecule has 0 aliphatic carbocycles. The van der Waals surface area contributed by atoms with Gasteiger partial charge in [-0.05, 0) is 42.5 Å². The quantitative estimate of drug-likeness (QED) is 0.753. The van der Waals surface area contributed by atoms with E-state index in [0.717, 1.165) is 22.4 Å². The fourth-order valence-corrected chi connectivity index (χ4v) is 3.23. The number of nitrogens with one attached hydrogen (secondary N) is 1. The zero-order valence-corrected chi connectivity index (χ0v) is 16.2. The van der Waals surface area contributed by atoms with Crippen LogP contribution in [-0.4, -0.2) is 15.5 Å². The Hall–Kier alpha value is -2.62. The van der Waals surface area contributed by atoms with Crippen molar-refractivity contribution in [2.75, 3.05) is 0 Å². The highest BCUT2D eigenvalue weighted by Gasteiger charge is 2.19. The molecule has 26 heavy (non-hydrogen) atoms. The zero-order chi connectivity index (χ0) is 18.9. The summed E-state index contributed by atoms with van der Waals surface area (Å²) >= 11 is 0. The highest BCUT2D eigenvalue weighted by molar-refractivity contribution is 5.84. The Bertz CT molecular complexity index is 917. The maximum Gasteiger partial charge on any atom is 0.243 e. The van der Waals surface area contributed by atoms with E-state index in [2.05, 4.69) is 55.3 Å². The molecule has 0 saturated heterocycles. The molecule has 1 unspecified atom stereocenters. The van der Waals surface area contributed by atoms with Gasteiger partial charge in [0.2, 0.25) is 5.91 Å². The number of carbonyl (C=O) groups excluding carboxylic acids is 1. The molecule has 0 fully saturated rings. The molecular weight excluding hydrogens is 322 g/mol. The number of hydrogen-bond acceptors (Lipinski definition) is 2. The van der Waals surface area contributed by atoms with Crippen LogP contribution < -0.4 is 5.32 Å². The van der Waals surface area contributed by atoms with Crippen LogP contribution in [0.1, 0.15) is 50.7 Å². The number of carbonyl (C=O) groups is 1. The molecule has 0 aliphatic rings. The minimum absolute atomic E-state index is 0.00356. The fraction of sp³-hybridized carbons (Fsp3) is 0.364. The predicted octanol–water partition coefficient (Wildman–Crippen LogP) is 4.52. The summed E-state index contributed by atoms with van der Waals surface area (Å²) < 4.78 is 1.99. The van der Waals surface area contributed by atoms with Crippen LogP contribution in [0.25, 0.3) is 11.0 Å². The topological polar surface area (TPSA) is 46.9 Å². The number of amides is 1. The molecule has 1 amide bonds. The summed E-state index contributed by atoms with van der Waals surface area (Å²) in [4.78, 5) is 17.2. The number of para-hydroxylation sites is 2. The van der Waals surface area contributed by atoms with Crippen LogP contribution in [0.2, 0.25) is 0 Å². The lowest BCUT2D eigenvalue weighted by Crippen LogP contribution is -2.31. The zero-order valence-electron chi connectivity index (χ0n) is 16.2. The second kappa shape index (κ2) is 6.94. The summed E-state index contributed by atoms with van der Waals surface area (Å²) in [6, 6.07) is 16.1. The molecule has 0 aliphatic heterocycles. The number of benzene rings is 2. The van der Waals surface area contributed by atoms with E-state index in [-0.39, 0.29) is 17.4 Å². The van der Waals surface area contributed by atoms with Crippen molar-refractivity contribution >= 4 is 16.9 Å². The average molecular weight is 349 g/mol. The van der Waals surface area contributed by atoms with Crippen molar-refractivity contribution in [3.8, 4) is 0 Å². The first-order valence-corrected chi connectivity index (χ1v) is 9.08. The van der Waals surface area contributed by atoms with E-state index in [1.165, 1.54) is 5.56 Å². The second-order valence-corrected chi connectivity index (χ2v) is 7.86. The average Bonchev–Trinajstić information content (AvgIpc) is 2.94. The molecule has 1 N–H and O–H groups in total. The number of hydrogen-bond donors (Lipinski definition) is 1. The minimum atomic E-state index is -0.309. The van der Waals surface area contributed by atoms with Crippen molar-refractivity contribution < 1.29 is 4.79 Å². The molecule has 0 bridgehead atoms. The Morgan fingerprint density at radius 2 is 1.77 bits per heavy atom. The van der Waals surface area contributed by atoms with Gasteiger partial charge in [0.15, 0.2) is 0 Å². The van der Waals surface area contributed by atoms with Crippen molar-refractivity contribution in [1.82, 2.24) is 14.9 Å². The van der Waals surface area contributed by atoms with Gasteiger partial charge in [-0.25, -0.2) is 4.98 Å². The maximum atomic E-state index is 12.7. The molecule has 136 valence electrons. The summed E-state index contributed by atoms with van der Waals surface area (Å²) in [6.07, 6.45) is 0. The van der Waals surface area contributed by atoms with Gasteiger partial charge in [-0.15, -0.1) is 0 Å². The van der Waals surface area contributed by atoms with Gasteiger partial charge in [0.25, 0.3) is 0 Å². The summed E-state index contributed by atoms with van der Waals surface area (Å²) in [7, 11) is 0. The molecule has 3 aromatic rings. The Morgan fingerprint density at radius 3 is 2.42 bits per heavy atom. The highest BCUT2D eigenvalue weighted by Crippen LogP contribution is 2.23. The van der Waals surface area contributed by atoms with Crippen LogP contribution in [-0.2, 0) is 16.8 Å². The molecule has 1 aromatic heterocycles. The van der Waals surface area contributed by atoms with Gasteiger partial charge in [-0.3, -0.25) is 4.79 Å². The third kappa shape index (κ3) is 3.64. The Balaban J connectivity index is 1.70. The van der Waals surface area contributed by atoms with Crippen LogP contribution in [0.3, 0.4) is 0 Å². The molecule has 2 aromatic carbocycles. The van der Waals surface area contributed by atoms with E-state index in [1.54, 1.807) is 0 Å². The first kappa shape index (κ1) is 18.2. The summed E-state index contributed by atoms with van der Waals surface area (Å²) in [6.45, 7) is 11.0. The maximum absolute atomic E-state index is 12.7. The normalized spacial score (nSPS) is 13.0. The third-order valence-electron chi connectivity index (χ3n) is 4.83. The lowest BCUT2D eigenvalue weighted by Gasteiger charge is -2.19. The monoisotopic (exact) mass is 349 g/mol. The van der Waals surface area contributed by atoms with Crippen LogP contribution in [0.5, 0.6) is 0 Å². The van der Waals surface area contributed by atoms with Gasteiger partial charge < -0.3 is 9.88 Å². The number of imidazole rings is 1. The number of rotatable bonds is 4. The lowest BCUT2D eigenvalue weighted by molar-refractivity contribution is -0.124. The van der Waals surface area contributed by atoms with Crippen LogP contribution in [0.15, 0.2) is 48.5 Å². The predicted molar refractivity (Wildman–Crippen MR) is 106 cm³/mol. The Labute approximate surface area is 155 Å². The molecule has 1 atom stereocenters. The van der Waals surface area contributed by atoms with Gasteiger partial charge in [0.05, 0.1) is 11.0 Å².